The Morgan fingerprint density at radius 2 is 2.31 bits per heavy atom. The molecule has 0 N–H and O–H groups in total. The molecule has 0 fully saturated rings. The monoisotopic (exact) mass is 195 g/mol. The van der Waals surface area contributed by atoms with E-state index in [9.17, 15) is 4.79 Å². The van der Waals surface area contributed by atoms with Gasteiger partial charge in [-0.15, -0.1) is 0 Å². The number of benzene rings is 1. The first kappa shape index (κ1) is 9.97. The van der Waals surface area contributed by atoms with E-state index in [-0.39, 0.29) is 0 Å². The van der Waals surface area contributed by atoms with Gasteiger partial charge in [0.05, 0.1) is 6.54 Å². The molecule has 0 spiro atoms. The molecular weight excluding hydrogens is 186 g/mol. The molecule has 0 aliphatic heterocycles. The van der Waals surface area contributed by atoms with Crippen LogP contribution in [-0.4, -0.2) is 12.6 Å². The van der Waals surface area contributed by atoms with Gasteiger partial charge in [-0.05, 0) is 25.0 Å². The Labute approximate surface area is 82.3 Å². The van der Waals surface area contributed by atoms with Crippen molar-refractivity contribution in [2.45, 2.75) is 13.3 Å². The molecule has 1 rings (SSSR count). The molecule has 0 amide bonds. The first-order chi connectivity index (χ1) is 6.24. The van der Waals surface area contributed by atoms with E-state index in [0.717, 1.165) is 16.1 Å². The standard InChI is InChI=1S/C10H10ClNO/c1-8-2-3-10(11)9(6-8)4-5-12-7-13/h2-3,6H,4-5H2,1H3. The Hall–Kier alpha value is -1.11. The molecule has 1 aromatic rings. The van der Waals surface area contributed by atoms with Gasteiger partial charge in [0, 0.05) is 5.02 Å². The first-order valence-electron chi connectivity index (χ1n) is 4.02. The summed E-state index contributed by atoms with van der Waals surface area (Å²) in [6.45, 7) is 2.45. The zero-order valence-corrected chi connectivity index (χ0v) is 8.14. The van der Waals surface area contributed by atoms with Crippen molar-refractivity contribution in [1.82, 2.24) is 0 Å². The summed E-state index contributed by atoms with van der Waals surface area (Å²) < 4.78 is 0. The molecule has 0 bridgehead atoms. The number of aryl methyl sites for hydroxylation is 1. The molecule has 2 nitrogen and oxygen atoms in total. The SMILES string of the molecule is Cc1ccc(Cl)c(CCN=C=O)c1. The highest BCUT2D eigenvalue weighted by Gasteiger charge is 1.99. The van der Waals surface area contributed by atoms with Gasteiger partial charge in [-0.1, -0.05) is 29.3 Å². The molecule has 0 aliphatic rings. The average Bonchev–Trinajstić information content (AvgIpc) is 2.11. The van der Waals surface area contributed by atoms with E-state index in [1.807, 2.05) is 25.1 Å². The molecule has 0 aromatic heterocycles. The Bertz CT molecular complexity index is 343. The molecular formula is C10H10ClNO. The number of halogens is 1. The highest BCUT2D eigenvalue weighted by atomic mass is 35.5. The van der Waals surface area contributed by atoms with Crippen molar-refractivity contribution >= 4 is 17.7 Å². The zero-order chi connectivity index (χ0) is 9.68. The van der Waals surface area contributed by atoms with Gasteiger partial charge < -0.3 is 0 Å². The Balaban J connectivity index is 2.75. The van der Waals surface area contributed by atoms with Crippen molar-refractivity contribution in [3.63, 3.8) is 0 Å². The van der Waals surface area contributed by atoms with E-state index < -0.39 is 0 Å². The highest BCUT2D eigenvalue weighted by Crippen LogP contribution is 2.17. The average molecular weight is 196 g/mol. The number of carbonyl (C=O) groups excluding carboxylic acids is 1. The molecule has 1 aromatic carbocycles. The van der Waals surface area contributed by atoms with Crippen LogP contribution in [0.2, 0.25) is 5.02 Å². The number of isocyanates is 1. The molecule has 3 heteroatoms. The fraction of sp³-hybridized carbons (Fsp3) is 0.300. The molecule has 0 aliphatic carbocycles. The quantitative estimate of drug-likeness (QED) is 0.538. The smallest absolute Gasteiger partial charge is 0.211 e. The van der Waals surface area contributed by atoms with Gasteiger partial charge in [0.15, 0.2) is 0 Å². The fourth-order valence-electron chi connectivity index (χ4n) is 1.12. The topological polar surface area (TPSA) is 29.4 Å². The maximum atomic E-state index is 9.82. The summed E-state index contributed by atoms with van der Waals surface area (Å²) >= 11 is 5.93. The lowest BCUT2D eigenvalue weighted by Crippen LogP contribution is -1.91. The molecule has 0 atom stereocenters. The van der Waals surface area contributed by atoms with Gasteiger partial charge in [0.25, 0.3) is 0 Å². The normalized spacial score (nSPS) is 9.38. The molecule has 0 heterocycles. The molecule has 13 heavy (non-hydrogen) atoms. The van der Waals surface area contributed by atoms with Crippen molar-refractivity contribution in [2.75, 3.05) is 6.54 Å². The van der Waals surface area contributed by atoms with Gasteiger partial charge in [-0.2, -0.15) is 0 Å². The molecule has 0 radical (unpaired) electrons. The maximum Gasteiger partial charge on any atom is 0.234 e. The number of rotatable bonds is 3. The number of hydrogen-bond donors (Lipinski definition) is 0. The van der Waals surface area contributed by atoms with Crippen molar-refractivity contribution in [1.29, 1.82) is 0 Å². The lowest BCUT2D eigenvalue weighted by molar-refractivity contribution is 0.563. The van der Waals surface area contributed by atoms with Gasteiger partial charge >= 0.3 is 0 Å². The summed E-state index contributed by atoms with van der Waals surface area (Å²) in [6, 6.07) is 5.81. The van der Waals surface area contributed by atoms with Crippen LogP contribution in [0.5, 0.6) is 0 Å². The summed E-state index contributed by atoms with van der Waals surface area (Å²) in [7, 11) is 0. The Kier molecular flexibility index (Phi) is 3.69. The molecule has 0 saturated heterocycles. The van der Waals surface area contributed by atoms with Crippen LogP contribution < -0.4 is 0 Å². The van der Waals surface area contributed by atoms with E-state index in [2.05, 4.69) is 4.99 Å². The summed E-state index contributed by atoms with van der Waals surface area (Å²) in [5.74, 6) is 0. The van der Waals surface area contributed by atoms with E-state index in [1.54, 1.807) is 0 Å². The first-order valence-corrected chi connectivity index (χ1v) is 4.40. The van der Waals surface area contributed by atoms with E-state index in [1.165, 1.54) is 6.08 Å². The Morgan fingerprint density at radius 3 is 3.00 bits per heavy atom. The second-order valence-electron chi connectivity index (χ2n) is 2.82. The second-order valence-corrected chi connectivity index (χ2v) is 3.23. The third kappa shape index (κ3) is 3.02. The summed E-state index contributed by atoms with van der Waals surface area (Å²) in [6.07, 6.45) is 2.19. The lowest BCUT2D eigenvalue weighted by atomic mass is 10.1. The van der Waals surface area contributed by atoms with E-state index >= 15 is 0 Å². The predicted octanol–water partition coefficient (Wildman–Crippen LogP) is 2.53. The van der Waals surface area contributed by atoms with Gasteiger partial charge in [-0.25, -0.2) is 9.79 Å². The van der Waals surface area contributed by atoms with Crippen molar-refractivity contribution in [2.24, 2.45) is 4.99 Å². The Morgan fingerprint density at radius 1 is 1.54 bits per heavy atom. The fourth-order valence-corrected chi connectivity index (χ4v) is 1.33. The second kappa shape index (κ2) is 4.80. The van der Waals surface area contributed by atoms with Crippen molar-refractivity contribution < 1.29 is 4.79 Å². The number of hydrogen-bond acceptors (Lipinski definition) is 2. The largest absolute Gasteiger partial charge is 0.234 e. The highest BCUT2D eigenvalue weighted by molar-refractivity contribution is 6.31. The molecule has 68 valence electrons. The predicted molar refractivity (Wildman–Crippen MR) is 52.9 cm³/mol. The minimum absolute atomic E-state index is 0.451. The van der Waals surface area contributed by atoms with Crippen LogP contribution in [0.4, 0.5) is 0 Å². The van der Waals surface area contributed by atoms with Crippen molar-refractivity contribution in [3.8, 4) is 0 Å². The van der Waals surface area contributed by atoms with Crippen LogP contribution in [-0.2, 0) is 11.2 Å². The van der Waals surface area contributed by atoms with Gasteiger partial charge in [-0.3, -0.25) is 0 Å². The van der Waals surface area contributed by atoms with Crippen LogP contribution >= 0.6 is 11.6 Å². The van der Waals surface area contributed by atoms with E-state index in [0.29, 0.717) is 13.0 Å². The van der Waals surface area contributed by atoms with Crippen LogP contribution in [0.25, 0.3) is 0 Å². The van der Waals surface area contributed by atoms with Crippen LogP contribution in [0, 0.1) is 6.92 Å². The molecule has 0 unspecified atom stereocenters. The third-order valence-corrected chi connectivity index (χ3v) is 2.13. The summed E-state index contributed by atoms with van der Waals surface area (Å²) in [5.41, 5.74) is 2.19. The van der Waals surface area contributed by atoms with Crippen LogP contribution in [0.3, 0.4) is 0 Å². The van der Waals surface area contributed by atoms with Crippen LogP contribution in [0.15, 0.2) is 23.2 Å². The minimum atomic E-state index is 0.451. The number of aliphatic imine (C=N–C) groups is 1. The van der Waals surface area contributed by atoms with Gasteiger partial charge in [0.2, 0.25) is 6.08 Å². The third-order valence-electron chi connectivity index (χ3n) is 1.76. The summed E-state index contributed by atoms with van der Waals surface area (Å²) in [5, 5.41) is 0.728. The van der Waals surface area contributed by atoms with E-state index in [4.69, 9.17) is 11.6 Å². The van der Waals surface area contributed by atoms with Gasteiger partial charge in [0.1, 0.15) is 0 Å². The zero-order valence-electron chi connectivity index (χ0n) is 7.38. The maximum absolute atomic E-state index is 9.82. The molecule has 0 saturated carbocycles. The van der Waals surface area contributed by atoms with Crippen molar-refractivity contribution in [3.05, 3.63) is 34.3 Å². The lowest BCUT2D eigenvalue weighted by Gasteiger charge is -2.02. The van der Waals surface area contributed by atoms with Crippen LogP contribution in [0.1, 0.15) is 11.1 Å². The minimum Gasteiger partial charge on any atom is -0.211 e. The number of nitrogens with zero attached hydrogens (tertiary/aromatic N) is 1. The summed E-state index contributed by atoms with van der Waals surface area (Å²) in [4.78, 5) is 13.3.